The number of hydrogen-bond donors (Lipinski definition) is 1. The zero-order chi connectivity index (χ0) is 21.5. The topological polar surface area (TPSA) is 78.0 Å². The summed E-state index contributed by atoms with van der Waals surface area (Å²) in [5.41, 5.74) is -0.157. The van der Waals surface area contributed by atoms with Crippen molar-refractivity contribution in [2.75, 3.05) is 0 Å². The number of benzene rings is 2. The van der Waals surface area contributed by atoms with Crippen molar-refractivity contribution in [1.29, 1.82) is 0 Å². The second-order valence-corrected chi connectivity index (χ2v) is 8.58. The summed E-state index contributed by atoms with van der Waals surface area (Å²) in [6.45, 7) is 2.30. The lowest BCUT2D eigenvalue weighted by Gasteiger charge is -2.10. The van der Waals surface area contributed by atoms with Crippen molar-refractivity contribution >= 4 is 32.8 Å². The monoisotopic (exact) mass is 451 g/mol. The van der Waals surface area contributed by atoms with Crippen LogP contribution in [0.5, 0.6) is 0 Å². The van der Waals surface area contributed by atoms with E-state index in [9.17, 15) is 30.4 Å². The van der Waals surface area contributed by atoms with Crippen molar-refractivity contribution in [1.82, 2.24) is 9.55 Å². The molecule has 0 spiro atoms. The van der Waals surface area contributed by atoms with Gasteiger partial charge in [0.2, 0.25) is 15.8 Å². The van der Waals surface area contributed by atoms with Crippen molar-refractivity contribution in [2.45, 2.75) is 35.7 Å². The Hall–Kier alpha value is -2.18. The van der Waals surface area contributed by atoms with Crippen molar-refractivity contribution in [3.63, 3.8) is 0 Å². The summed E-state index contributed by atoms with van der Waals surface area (Å²) < 4.78 is 92.5. The summed E-state index contributed by atoms with van der Waals surface area (Å²) >= 11 is 0.766. The molecule has 0 saturated carbocycles. The third-order valence-electron chi connectivity index (χ3n) is 4.11. The molecule has 0 amide bonds. The summed E-state index contributed by atoms with van der Waals surface area (Å²) in [7, 11) is -3.96. The van der Waals surface area contributed by atoms with Crippen LogP contribution in [0.25, 0.3) is 11.0 Å². The predicted molar refractivity (Wildman–Crippen MR) is 97.2 cm³/mol. The van der Waals surface area contributed by atoms with Gasteiger partial charge in [-0.25, -0.2) is 40.5 Å². The largest absolute Gasteiger partial charge is 0.319 e. The number of primary sulfonamides is 1. The van der Waals surface area contributed by atoms with Crippen molar-refractivity contribution < 1.29 is 30.4 Å². The maximum absolute atomic E-state index is 13.9. The number of nitrogens with zero attached hydrogens (tertiary/aromatic N) is 2. The minimum Gasteiger partial charge on any atom is -0.319 e. The highest BCUT2D eigenvalue weighted by molar-refractivity contribution is 7.98. The molecule has 2 aromatic carbocycles. The fourth-order valence-corrected chi connectivity index (χ4v) is 4.30. The van der Waals surface area contributed by atoms with Gasteiger partial charge in [0.1, 0.15) is 0 Å². The highest BCUT2D eigenvalue weighted by Gasteiger charge is 2.26. The standard InChI is InChI=1S/C17H14F5N3O2S2/c1-2-5-25-11-4-3-8(29(23,26)27)6-10(11)24-17(25)28-7-9-12(18)14(20)16(22)15(21)13(9)19/h3-4,6H,2,5,7H2,1H3,(H2,23,26,27). The molecule has 0 bridgehead atoms. The number of thioether (sulfide) groups is 1. The van der Waals surface area contributed by atoms with Gasteiger partial charge in [0.05, 0.1) is 15.9 Å². The molecule has 0 saturated heterocycles. The van der Waals surface area contributed by atoms with Crippen LogP contribution in [0, 0.1) is 29.1 Å². The van der Waals surface area contributed by atoms with Crippen LogP contribution in [0.3, 0.4) is 0 Å². The molecule has 0 atom stereocenters. The number of aryl methyl sites for hydroxylation is 1. The van der Waals surface area contributed by atoms with Crippen LogP contribution < -0.4 is 5.14 Å². The first-order chi connectivity index (χ1) is 13.6. The van der Waals surface area contributed by atoms with Gasteiger partial charge in [0, 0.05) is 17.9 Å². The molecule has 2 N–H and O–H groups in total. The van der Waals surface area contributed by atoms with Crippen molar-refractivity contribution in [2.24, 2.45) is 5.14 Å². The van der Waals surface area contributed by atoms with Crippen molar-refractivity contribution in [3.8, 4) is 0 Å². The molecular formula is C17H14F5N3O2S2. The second kappa shape index (κ2) is 7.92. The molecule has 0 aliphatic heterocycles. The van der Waals surface area contributed by atoms with Gasteiger partial charge in [-0.15, -0.1) is 0 Å². The minimum absolute atomic E-state index is 0.164. The molecule has 5 nitrogen and oxygen atoms in total. The van der Waals surface area contributed by atoms with E-state index >= 15 is 0 Å². The van der Waals surface area contributed by atoms with Crippen LogP contribution in [-0.2, 0) is 22.3 Å². The summed E-state index contributed by atoms with van der Waals surface area (Å²) in [4.78, 5) is 4.08. The first-order valence-corrected chi connectivity index (χ1v) is 10.8. The Morgan fingerprint density at radius 3 is 2.17 bits per heavy atom. The van der Waals surface area contributed by atoms with E-state index in [2.05, 4.69) is 4.98 Å². The first kappa shape index (κ1) is 21.5. The molecule has 1 aromatic heterocycles. The molecule has 12 heteroatoms. The van der Waals surface area contributed by atoms with Crippen molar-refractivity contribution in [3.05, 3.63) is 52.8 Å². The minimum atomic E-state index is -3.96. The Kier molecular flexibility index (Phi) is 5.88. The molecule has 0 aliphatic rings. The molecule has 1 heterocycles. The number of nitrogens with two attached hydrogens (primary N) is 1. The molecular weight excluding hydrogens is 437 g/mol. The van der Waals surface area contributed by atoms with E-state index in [0.717, 1.165) is 11.8 Å². The number of halogens is 5. The summed E-state index contributed by atoms with van der Waals surface area (Å²) in [5.74, 6) is -10.6. The van der Waals surface area contributed by atoms with Gasteiger partial charge in [0.15, 0.2) is 28.4 Å². The summed E-state index contributed by atoms with van der Waals surface area (Å²) in [6.07, 6.45) is 0.651. The SMILES string of the molecule is CCCn1c(SCc2c(F)c(F)c(F)c(F)c2F)nc2cc(S(N)(=O)=O)ccc21. The number of rotatable bonds is 6. The van der Waals surface area contributed by atoms with Gasteiger partial charge in [-0.3, -0.25) is 0 Å². The van der Waals surface area contributed by atoms with Crippen LogP contribution >= 0.6 is 11.8 Å². The molecule has 0 unspecified atom stereocenters. The van der Waals surface area contributed by atoms with Crippen LogP contribution in [0.4, 0.5) is 22.0 Å². The number of fused-ring (bicyclic) bond motifs is 1. The van der Waals surface area contributed by atoms with Crippen LogP contribution in [0.2, 0.25) is 0 Å². The molecule has 156 valence electrons. The average Bonchev–Trinajstić information content (AvgIpc) is 3.01. The molecule has 29 heavy (non-hydrogen) atoms. The van der Waals surface area contributed by atoms with Gasteiger partial charge in [-0.2, -0.15) is 0 Å². The Labute approximate surface area is 166 Å². The molecule has 0 aliphatic carbocycles. The van der Waals surface area contributed by atoms with Gasteiger partial charge in [-0.1, -0.05) is 18.7 Å². The zero-order valence-electron chi connectivity index (χ0n) is 14.8. The Morgan fingerprint density at radius 2 is 1.62 bits per heavy atom. The highest BCUT2D eigenvalue weighted by Crippen LogP contribution is 2.32. The smallest absolute Gasteiger partial charge is 0.238 e. The fourth-order valence-electron chi connectivity index (χ4n) is 2.73. The lowest BCUT2D eigenvalue weighted by Crippen LogP contribution is -2.11. The molecule has 0 fully saturated rings. The van der Waals surface area contributed by atoms with Gasteiger partial charge in [-0.05, 0) is 24.6 Å². The Balaban J connectivity index is 2.03. The Morgan fingerprint density at radius 1 is 1.03 bits per heavy atom. The normalized spacial score (nSPS) is 12.1. The zero-order valence-corrected chi connectivity index (χ0v) is 16.5. The Bertz CT molecular complexity index is 1180. The average molecular weight is 451 g/mol. The number of imidazole rings is 1. The third-order valence-corrected chi connectivity index (χ3v) is 6.02. The summed E-state index contributed by atoms with van der Waals surface area (Å²) in [5, 5.41) is 5.34. The maximum Gasteiger partial charge on any atom is 0.238 e. The van der Waals surface area contributed by atoms with E-state index in [0.29, 0.717) is 18.5 Å². The maximum atomic E-state index is 13.9. The van der Waals surface area contributed by atoms with Crippen LogP contribution in [-0.4, -0.2) is 18.0 Å². The van der Waals surface area contributed by atoms with Crippen LogP contribution in [0.15, 0.2) is 28.3 Å². The van der Waals surface area contributed by atoms with Crippen LogP contribution in [0.1, 0.15) is 18.9 Å². The quantitative estimate of drug-likeness (QED) is 0.265. The third kappa shape index (κ3) is 3.96. The van der Waals surface area contributed by atoms with E-state index in [-0.39, 0.29) is 15.6 Å². The number of aromatic nitrogens is 2. The van der Waals surface area contributed by atoms with E-state index < -0.39 is 50.4 Å². The van der Waals surface area contributed by atoms with E-state index in [1.165, 1.54) is 18.2 Å². The number of sulfonamides is 1. The number of hydrogen-bond acceptors (Lipinski definition) is 4. The fraction of sp³-hybridized carbons (Fsp3) is 0.235. The van der Waals surface area contributed by atoms with E-state index in [1.54, 1.807) is 4.57 Å². The lowest BCUT2D eigenvalue weighted by molar-refractivity contribution is 0.372. The van der Waals surface area contributed by atoms with Gasteiger partial charge in [0.25, 0.3) is 0 Å². The first-order valence-electron chi connectivity index (χ1n) is 8.22. The van der Waals surface area contributed by atoms with Gasteiger partial charge < -0.3 is 4.57 Å². The highest BCUT2D eigenvalue weighted by atomic mass is 32.2. The lowest BCUT2D eigenvalue weighted by atomic mass is 10.2. The van der Waals surface area contributed by atoms with Gasteiger partial charge >= 0.3 is 0 Å². The second-order valence-electron chi connectivity index (χ2n) is 6.08. The van der Waals surface area contributed by atoms with E-state index in [1.807, 2.05) is 6.92 Å². The molecule has 3 aromatic rings. The summed E-state index contributed by atoms with van der Waals surface area (Å²) in [6, 6.07) is 4.03. The predicted octanol–water partition coefficient (Wildman–Crippen LogP) is 4.08. The molecule has 0 radical (unpaired) electrons. The van der Waals surface area contributed by atoms with E-state index in [4.69, 9.17) is 5.14 Å². The molecule has 3 rings (SSSR count).